The molecule has 3 N–H and O–H groups in total. The highest BCUT2D eigenvalue weighted by atomic mass is 79.9. The van der Waals surface area contributed by atoms with Crippen molar-refractivity contribution in [2.24, 2.45) is 0 Å². The second-order valence-corrected chi connectivity index (χ2v) is 7.08. The van der Waals surface area contributed by atoms with Crippen LogP contribution in [-0.2, 0) is 10.0 Å². The van der Waals surface area contributed by atoms with Gasteiger partial charge >= 0.3 is 0 Å². The monoisotopic (exact) mass is 390 g/mol. The van der Waals surface area contributed by atoms with Crippen LogP contribution in [0.15, 0.2) is 45.8 Å². The summed E-state index contributed by atoms with van der Waals surface area (Å²) >= 11 is 9.11. The molecule has 0 saturated heterocycles. The minimum absolute atomic E-state index is 0.0790. The van der Waals surface area contributed by atoms with Crippen LogP contribution in [0.25, 0.3) is 0 Å². The molecule has 0 radical (unpaired) electrons. The van der Waals surface area contributed by atoms with Gasteiger partial charge in [-0.15, -0.1) is 0 Å². The number of hydrogen-bond acceptors (Lipinski definition) is 4. The van der Waals surface area contributed by atoms with E-state index >= 15 is 0 Å². The Morgan fingerprint density at radius 3 is 2.62 bits per heavy atom. The van der Waals surface area contributed by atoms with Gasteiger partial charge in [-0.3, -0.25) is 4.72 Å². The number of nitrogens with one attached hydrogen (secondary N) is 1. The Morgan fingerprint density at radius 1 is 1.24 bits per heavy atom. The topological polar surface area (TPSA) is 81.4 Å². The first kappa shape index (κ1) is 15.9. The van der Waals surface area contributed by atoms with Crippen molar-refractivity contribution >= 4 is 48.9 Å². The first-order valence-corrected chi connectivity index (χ1v) is 8.40. The van der Waals surface area contributed by atoms with Crippen molar-refractivity contribution in [2.75, 3.05) is 17.6 Å². The van der Waals surface area contributed by atoms with Crippen molar-refractivity contribution in [2.45, 2.75) is 4.90 Å². The number of ether oxygens (including phenoxy) is 1. The van der Waals surface area contributed by atoms with Gasteiger partial charge in [0.05, 0.1) is 18.5 Å². The van der Waals surface area contributed by atoms with Crippen molar-refractivity contribution in [1.29, 1.82) is 0 Å². The lowest BCUT2D eigenvalue weighted by atomic mass is 10.3. The van der Waals surface area contributed by atoms with E-state index in [9.17, 15) is 8.42 Å². The van der Waals surface area contributed by atoms with E-state index in [-0.39, 0.29) is 15.6 Å². The lowest BCUT2D eigenvalue weighted by Gasteiger charge is -2.12. The zero-order valence-corrected chi connectivity index (χ0v) is 14.1. The van der Waals surface area contributed by atoms with E-state index in [1.807, 2.05) is 0 Å². The summed E-state index contributed by atoms with van der Waals surface area (Å²) in [5.74, 6) is 0.523. The Morgan fingerprint density at radius 2 is 1.95 bits per heavy atom. The van der Waals surface area contributed by atoms with Crippen LogP contribution in [0.4, 0.5) is 11.4 Å². The SMILES string of the molecule is COc1ccc(Br)c(NS(=O)(=O)c2cc(Cl)ccc2N)c1. The molecule has 0 saturated carbocycles. The average Bonchev–Trinajstić information content (AvgIpc) is 2.43. The molecule has 5 nitrogen and oxygen atoms in total. The summed E-state index contributed by atoms with van der Waals surface area (Å²) in [5, 5.41) is 0.286. The fraction of sp³-hybridized carbons (Fsp3) is 0.0769. The minimum atomic E-state index is -3.86. The number of benzene rings is 2. The van der Waals surface area contributed by atoms with Crippen LogP contribution in [0.5, 0.6) is 5.75 Å². The summed E-state index contributed by atoms with van der Waals surface area (Å²) in [7, 11) is -2.36. The van der Waals surface area contributed by atoms with Gasteiger partial charge in [0, 0.05) is 15.6 Å². The molecule has 2 rings (SSSR count). The largest absolute Gasteiger partial charge is 0.497 e. The average molecular weight is 392 g/mol. The molecule has 0 bridgehead atoms. The Balaban J connectivity index is 2.44. The molecule has 0 aliphatic rings. The summed E-state index contributed by atoms with van der Waals surface area (Å²) < 4.78 is 32.9. The molecule has 0 heterocycles. The standard InChI is InChI=1S/C13H12BrClN2O3S/c1-20-9-3-4-10(14)12(7-9)17-21(18,19)13-6-8(15)2-5-11(13)16/h2-7,17H,16H2,1H3. The normalized spacial score (nSPS) is 11.2. The number of anilines is 2. The van der Waals surface area contributed by atoms with E-state index in [0.717, 1.165) is 0 Å². The van der Waals surface area contributed by atoms with Gasteiger partial charge in [-0.25, -0.2) is 8.42 Å². The van der Waals surface area contributed by atoms with Gasteiger partial charge in [-0.2, -0.15) is 0 Å². The first-order valence-electron chi connectivity index (χ1n) is 5.75. The fourth-order valence-corrected chi connectivity index (χ4v) is 3.59. The number of nitrogen functional groups attached to an aromatic ring is 1. The molecule has 0 unspecified atom stereocenters. The van der Waals surface area contributed by atoms with Gasteiger partial charge in [-0.05, 0) is 46.3 Å². The Kier molecular flexibility index (Phi) is 4.65. The maximum atomic E-state index is 12.4. The zero-order chi connectivity index (χ0) is 15.6. The molecule has 0 fully saturated rings. The highest BCUT2D eigenvalue weighted by Gasteiger charge is 2.19. The van der Waals surface area contributed by atoms with E-state index in [1.54, 1.807) is 18.2 Å². The molecular weight excluding hydrogens is 380 g/mol. The highest BCUT2D eigenvalue weighted by molar-refractivity contribution is 9.10. The van der Waals surface area contributed by atoms with Crippen molar-refractivity contribution in [3.05, 3.63) is 45.9 Å². The van der Waals surface area contributed by atoms with Crippen LogP contribution in [0.3, 0.4) is 0 Å². The molecule has 2 aromatic rings. The van der Waals surface area contributed by atoms with E-state index in [2.05, 4.69) is 20.7 Å². The summed E-state index contributed by atoms with van der Waals surface area (Å²) in [6.45, 7) is 0. The second-order valence-electron chi connectivity index (χ2n) is 4.13. The van der Waals surface area contributed by atoms with Crippen LogP contribution in [0, 0.1) is 0 Å². The minimum Gasteiger partial charge on any atom is -0.497 e. The molecule has 0 aliphatic carbocycles. The van der Waals surface area contributed by atoms with Crippen LogP contribution in [0.1, 0.15) is 0 Å². The number of halogens is 2. The molecule has 0 atom stereocenters. The van der Waals surface area contributed by atoms with Crippen LogP contribution in [-0.4, -0.2) is 15.5 Å². The van der Waals surface area contributed by atoms with Gasteiger partial charge in [0.25, 0.3) is 10.0 Å². The lowest BCUT2D eigenvalue weighted by Crippen LogP contribution is -2.15. The zero-order valence-electron chi connectivity index (χ0n) is 10.9. The van der Waals surface area contributed by atoms with E-state index < -0.39 is 10.0 Å². The lowest BCUT2D eigenvalue weighted by molar-refractivity contribution is 0.415. The Bertz CT molecular complexity index is 781. The first-order chi connectivity index (χ1) is 9.83. The van der Waals surface area contributed by atoms with Gasteiger partial charge in [0.15, 0.2) is 0 Å². The van der Waals surface area contributed by atoms with Crippen molar-refractivity contribution < 1.29 is 13.2 Å². The summed E-state index contributed by atoms with van der Waals surface area (Å²) in [5.41, 5.74) is 6.17. The second kappa shape index (κ2) is 6.13. The van der Waals surface area contributed by atoms with Gasteiger partial charge in [0.1, 0.15) is 10.6 Å². The molecule has 0 aromatic heterocycles. The summed E-state index contributed by atoms with van der Waals surface area (Å²) in [6.07, 6.45) is 0. The Labute approximate surface area is 136 Å². The molecule has 2 aromatic carbocycles. The highest BCUT2D eigenvalue weighted by Crippen LogP contribution is 2.31. The third kappa shape index (κ3) is 3.61. The molecule has 8 heteroatoms. The smallest absolute Gasteiger partial charge is 0.264 e. The van der Waals surface area contributed by atoms with Crippen molar-refractivity contribution in [3.63, 3.8) is 0 Å². The predicted molar refractivity (Wildman–Crippen MR) is 87.4 cm³/mol. The van der Waals surface area contributed by atoms with Crippen LogP contribution in [0.2, 0.25) is 5.02 Å². The van der Waals surface area contributed by atoms with Crippen molar-refractivity contribution in [3.8, 4) is 5.75 Å². The number of rotatable bonds is 4. The molecule has 112 valence electrons. The maximum absolute atomic E-state index is 12.4. The summed E-state index contributed by atoms with van der Waals surface area (Å²) in [4.78, 5) is -0.0790. The van der Waals surface area contributed by atoms with E-state index in [1.165, 1.54) is 25.3 Å². The Hall–Kier alpha value is -1.44. The molecule has 0 spiro atoms. The van der Waals surface area contributed by atoms with Gasteiger partial charge < -0.3 is 10.5 Å². The van der Waals surface area contributed by atoms with Crippen molar-refractivity contribution in [1.82, 2.24) is 0 Å². The third-order valence-electron chi connectivity index (χ3n) is 2.68. The number of nitrogens with two attached hydrogens (primary N) is 1. The predicted octanol–water partition coefficient (Wildman–Crippen LogP) is 3.49. The van der Waals surface area contributed by atoms with E-state index in [4.69, 9.17) is 22.1 Å². The molecule has 0 aliphatic heterocycles. The van der Waals surface area contributed by atoms with Gasteiger partial charge in [-0.1, -0.05) is 11.6 Å². The number of hydrogen-bond donors (Lipinski definition) is 2. The van der Waals surface area contributed by atoms with E-state index in [0.29, 0.717) is 15.9 Å². The van der Waals surface area contributed by atoms with Crippen LogP contribution >= 0.6 is 27.5 Å². The fourth-order valence-electron chi connectivity index (χ4n) is 1.65. The molecular formula is C13H12BrClN2O3S. The summed E-state index contributed by atoms with van der Waals surface area (Å²) in [6, 6.07) is 9.21. The van der Waals surface area contributed by atoms with Crippen LogP contribution < -0.4 is 15.2 Å². The number of sulfonamides is 1. The molecule has 0 amide bonds. The third-order valence-corrected chi connectivity index (χ3v) is 5.03. The quantitative estimate of drug-likeness (QED) is 0.782. The van der Waals surface area contributed by atoms with Gasteiger partial charge in [0.2, 0.25) is 0 Å². The number of methoxy groups -OCH3 is 1. The molecule has 21 heavy (non-hydrogen) atoms. The maximum Gasteiger partial charge on any atom is 0.264 e.